The second-order valence-electron chi connectivity index (χ2n) is 3.36. The second kappa shape index (κ2) is 3.10. The van der Waals surface area contributed by atoms with Crippen LogP contribution < -0.4 is 5.73 Å². The Hall–Kier alpha value is -2.30. The molecule has 0 saturated carbocycles. The van der Waals surface area contributed by atoms with Crippen LogP contribution in [-0.4, -0.2) is 5.16 Å². The van der Waals surface area contributed by atoms with E-state index in [1.165, 1.54) is 12.5 Å². The third-order valence-electron chi connectivity index (χ3n) is 2.46. The van der Waals surface area contributed by atoms with Gasteiger partial charge in [0.25, 0.3) is 0 Å². The predicted molar refractivity (Wildman–Crippen MR) is 56.1 cm³/mol. The Morgan fingerprint density at radius 1 is 1.19 bits per heavy atom. The van der Waals surface area contributed by atoms with Crippen LogP contribution in [0.2, 0.25) is 0 Å². The predicted octanol–water partition coefficient (Wildman–Crippen LogP) is 2.81. The fourth-order valence-electron chi connectivity index (χ4n) is 1.67. The third kappa shape index (κ3) is 1.11. The van der Waals surface area contributed by atoms with Crippen molar-refractivity contribution in [3.8, 4) is 11.1 Å². The maximum Gasteiger partial charge on any atom is 0.230 e. The van der Waals surface area contributed by atoms with Gasteiger partial charge in [0.15, 0.2) is 0 Å². The van der Waals surface area contributed by atoms with Gasteiger partial charge in [-0.3, -0.25) is 0 Å². The first-order valence-electron chi connectivity index (χ1n) is 4.63. The van der Waals surface area contributed by atoms with E-state index in [1.807, 2.05) is 0 Å². The van der Waals surface area contributed by atoms with Gasteiger partial charge in [0.2, 0.25) is 5.88 Å². The minimum atomic E-state index is -0.388. The Morgan fingerprint density at radius 3 is 2.81 bits per heavy atom. The van der Waals surface area contributed by atoms with Crippen molar-refractivity contribution in [3.05, 3.63) is 36.5 Å². The van der Waals surface area contributed by atoms with Crippen LogP contribution >= 0.6 is 0 Å². The zero-order valence-corrected chi connectivity index (χ0v) is 8.11. The molecule has 1 aromatic carbocycles. The number of fused-ring (bicyclic) bond motifs is 1. The molecule has 2 heterocycles. The highest BCUT2D eigenvalue weighted by atomic mass is 19.1. The number of benzene rings is 1. The van der Waals surface area contributed by atoms with Gasteiger partial charge in [-0.1, -0.05) is 5.16 Å². The number of nitrogens with zero attached hydrogens (tertiary/aromatic N) is 1. The summed E-state index contributed by atoms with van der Waals surface area (Å²) in [6.07, 6.45) is 2.83. The Labute approximate surface area is 89.4 Å². The molecule has 0 bridgehead atoms. The third-order valence-corrected chi connectivity index (χ3v) is 2.46. The monoisotopic (exact) mass is 218 g/mol. The quantitative estimate of drug-likeness (QED) is 0.682. The summed E-state index contributed by atoms with van der Waals surface area (Å²) >= 11 is 0. The lowest BCUT2D eigenvalue weighted by molar-refractivity contribution is 0.436. The largest absolute Gasteiger partial charge is 0.464 e. The summed E-state index contributed by atoms with van der Waals surface area (Å²) in [6.45, 7) is 0. The topological polar surface area (TPSA) is 65.2 Å². The maximum absolute atomic E-state index is 14.1. The number of hydrogen-bond acceptors (Lipinski definition) is 4. The van der Waals surface area contributed by atoms with Crippen LogP contribution in [0.1, 0.15) is 0 Å². The van der Waals surface area contributed by atoms with Gasteiger partial charge in [0.05, 0.1) is 23.4 Å². The van der Waals surface area contributed by atoms with Gasteiger partial charge in [-0.25, -0.2) is 4.39 Å². The van der Waals surface area contributed by atoms with Crippen molar-refractivity contribution in [1.82, 2.24) is 5.16 Å². The van der Waals surface area contributed by atoms with Crippen LogP contribution in [0.15, 0.2) is 39.6 Å². The summed E-state index contributed by atoms with van der Waals surface area (Å²) in [4.78, 5) is 0. The number of halogens is 1. The van der Waals surface area contributed by atoms with Crippen molar-refractivity contribution < 1.29 is 13.3 Å². The number of furan rings is 1. The van der Waals surface area contributed by atoms with Crippen molar-refractivity contribution in [2.24, 2.45) is 0 Å². The number of aromatic nitrogens is 1. The number of nitrogens with two attached hydrogens (primary N) is 1. The van der Waals surface area contributed by atoms with Crippen LogP contribution in [0.5, 0.6) is 0 Å². The van der Waals surface area contributed by atoms with E-state index < -0.39 is 0 Å². The van der Waals surface area contributed by atoms with Gasteiger partial charge in [0.1, 0.15) is 11.4 Å². The smallest absolute Gasteiger partial charge is 0.230 e. The molecule has 3 aromatic rings. The Bertz CT molecular complexity index is 657. The molecule has 2 N–H and O–H groups in total. The lowest BCUT2D eigenvalue weighted by atomic mass is 10.1. The summed E-state index contributed by atoms with van der Waals surface area (Å²) in [5.74, 6) is -0.289. The number of rotatable bonds is 1. The molecule has 0 fully saturated rings. The number of nitrogen functional groups attached to an aromatic ring is 1. The first-order chi connectivity index (χ1) is 7.77. The molecule has 0 spiro atoms. The zero-order valence-electron chi connectivity index (χ0n) is 8.11. The highest BCUT2D eigenvalue weighted by Gasteiger charge is 2.15. The first-order valence-corrected chi connectivity index (χ1v) is 4.63. The van der Waals surface area contributed by atoms with Crippen molar-refractivity contribution >= 4 is 16.9 Å². The normalized spacial score (nSPS) is 11.1. The second-order valence-corrected chi connectivity index (χ2v) is 3.36. The SMILES string of the molecule is Nc1oncc1-c1ccc2occc2c1F. The molecule has 4 nitrogen and oxygen atoms in total. The highest BCUT2D eigenvalue weighted by molar-refractivity contribution is 5.86. The van der Waals surface area contributed by atoms with Gasteiger partial charge < -0.3 is 14.7 Å². The molecule has 0 atom stereocenters. The summed E-state index contributed by atoms with van der Waals surface area (Å²) < 4.78 is 23.9. The molecule has 16 heavy (non-hydrogen) atoms. The first kappa shape index (κ1) is 8.96. The standard InChI is InChI=1S/C11H7FN2O2/c12-10-6(8-5-14-16-11(8)13)1-2-9-7(10)3-4-15-9/h1-5H,13H2. The summed E-state index contributed by atoms with van der Waals surface area (Å²) in [5, 5.41) is 3.93. The van der Waals surface area contributed by atoms with Gasteiger partial charge in [0, 0.05) is 5.56 Å². The molecule has 2 aromatic heterocycles. The van der Waals surface area contributed by atoms with E-state index in [1.54, 1.807) is 18.2 Å². The van der Waals surface area contributed by atoms with E-state index in [2.05, 4.69) is 5.16 Å². The van der Waals surface area contributed by atoms with E-state index in [-0.39, 0.29) is 11.7 Å². The Kier molecular flexibility index (Phi) is 1.73. The van der Waals surface area contributed by atoms with E-state index in [0.29, 0.717) is 22.1 Å². The molecule has 0 unspecified atom stereocenters. The molecule has 0 radical (unpaired) electrons. The van der Waals surface area contributed by atoms with E-state index in [0.717, 1.165) is 0 Å². The van der Waals surface area contributed by atoms with Crippen LogP contribution in [0.4, 0.5) is 10.3 Å². The van der Waals surface area contributed by atoms with Gasteiger partial charge in [-0.05, 0) is 18.2 Å². The minimum absolute atomic E-state index is 0.0988. The van der Waals surface area contributed by atoms with Crippen molar-refractivity contribution in [1.29, 1.82) is 0 Å². The molecule has 0 aliphatic heterocycles. The molecule has 0 aliphatic carbocycles. The van der Waals surface area contributed by atoms with Gasteiger partial charge in [-0.2, -0.15) is 0 Å². The molecule has 0 aliphatic rings. The Morgan fingerprint density at radius 2 is 2.06 bits per heavy atom. The minimum Gasteiger partial charge on any atom is -0.464 e. The van der Waals surface area contributed by atoms with E-state index in [9.17, 15) is 4.39 Å². The average Bonchev–Trinajstić information content (AvgIpc) is 2.88. The summed E-state index contributed by atoms with van der Waals surface area (Å²) in [7, 11) is 0. The molecule has 0 saturated heterocycles. The van der Waals surface area contributed by atoms with Crippen LogP contribution in [0, 0.1) is 5.82 Å². The van der Waals surface area contributed by atoms with E-state index >= 15 is 0 Å². The van der Waals surface area contributed by atoms with Crippen molar-refractivity contribution in [3.63, 3.8) is 0 Å². The number of hydrogen-bond donors (Lipinski definition) is 1. The number of anilines is 1. The molecular formula is C11H7FN2O2. The molecule has 3 rings (SSSR count). The van der Waals surface area contributed by atoms with Gasteiger partial charge in [-0.15, -0.1) is 0 Å². The molecule has 5 heteroatoms. The van der Waals surface area contributed by atoms with Crippen LogP contribution in [0.3, 0.4) is 0 Å². The Balaban J connectivity index is 2.32. The van der Waals surface area contributed by atoms with Crippen LogP contribution in [0.25, 0.3) is 22.1 Å². The lowest BCUT2D eigenvalue weighted by Gasteiger charge is -2.00. The molecule has 80 valence electrons. The summed E-state index contributed by atoms with van der Waals surface area (Å²) in [6, 6.07) is 4.84. The lowest BCUT2D eigenvalue weighted by Crippen LogP contribution is -1.88. The van der Waals surface area contributed by atoms with Gasteiger partial charge >= 0.3 is 0 Å². The van der Waals surface area contributed by atoms with E-state index in [4.69, 9.17) is 14.7 Å². The highest BCUT2D eigenvalue weighted by Crippen LogP contribution is 2.32. The molecular weight excluding hydrogens is 211 g/mol. The zero-order chi connectivity index (χ0) is 11.1. The van der Waals surface area contributed by atoms with Crippen LogP contribution in [-0.2, 0) is 0 Å². The maximum atomic E-state index is 14.1. The van der Waals surface area contributed by atoms with Crippen molar-refractivity contribution in [2.45, 2.75) is 0 Å². The fourth-order valence-corrected chi connectivity index (χ4v) is 1.67. The molecule has 0 amide bonds. The fraction of sp³-hybridized carbons (Fsp3) is 0. The van der Waals surface area contributed by atoms with Crippen molar-refractivity contribution in [2.75, 3.05) is 5.73 Å². The average molecular weight is 218 g/mol. The summed E-state index contributed by atoms with van der Waals surface area (Å²) in [5.41, 5.74) is 6.84.